The first-order chi connectivity index (χ1) is 4.83. The van der Waals surface area contributed by atoms with E-state index in [1.165, 1.54) is 0 Å². The van der Waals surface area contributed by atoms with Gasteiger partial charge in [0.15, 0.2) is 0 Å². The van der Waals surface area contributed by atoms with E-state index in [1.807, 2.05) is 0 Å². The minimum atomic E-state index is -0.0944. The first kappa shape index (κ1) is 11.2. The van der Waals surface area contributed by atoms with E-state index in [-0.39, 0.29) is 25.1 Å². The molecule has 1 unspecified atom stereocenters. The van der Waals surface area contributed by atoms with Crippen LogP contribution in [0, 0.1) is 0 Å². The zero-order valence-electron chi connectivity index (χ0n) is 6.53. The highest BCUT2D eigenvalue weighted by molar-refractivity contribution is 5.85. The number of ether oxygens (including phenoxy) is 1. The SMILES string of the molecule is Cl.N[C@@H](CO)CC1CCCO1. The molecule has 68 valence electrons. The maximum Gasteiger partial charge on any atom is 0.0591 e. The summed E-state index contributed by atoms with van der Waals surface area (Å²) in [6, 6.07) is -0.0944. The van der Waals surface area contributed by atoms with Gasteiger partial charge >= 0.3 is 0 Å². The van der Waals surface area contributed by atoms with Crippen molar-refractivity contribution in [3.05, 3.63) is 0 Å². The lowest BCUT2D eigenvalue weighted by Gasteiger charge is -2.12. The molecule has 0 radical (unpaired) electrons. The van der Waals surface area contributed by atoms with Crippen molar-refractivity contribution < 1.29 is 9.84 Å². The maximum absolute atomic E-state index is 8.61. The lowest BCUT2D eigenvalue weighted by Crippen LogP contribution is -2.29. The Bertz CT molecular complexity index is 96.4. The van der Waals surface area contributed by atoms with Crippen LogP contribution in [0.4, 0.5) is 0 Å². The molecule has 1 heterocycles. The van der Waals surface area contributed by atoms with Crippen molar-refractivity contribution in [2.24, 2.45) is 5.73 Å². The highest BCUT2D eigenvalue weighted by atomic mass is 35.5. The molecule has 0 saturated carbocycles. The van der Waals surface area contributed by atoms with Gasteiger partial charge in [-0.05, 0) is 19.3 Å². The lowest BCUT2D eigenvalue weighted by molar-refractivity contribution is 0.0906. The Hall–Kier alpha value is 0.170. The standard InChI is InChI=1S/C7H15NO2.ClH/c8-6(5-9)4-7-2-1-3-10-7;/h6-7,9H,1-5,8H2;1H/t6-,7?;/m1./s1. The molecule has 0 aromatic carbocycles. The summed E-state index contributed by atoms with van der Waals surface area (Å²) in [7, 11) is 0. The molecule has 3 N–H and O–H groups in total. The van der Waals surface area contributed by atoms with E-state index in [0.29, 0.717) is 6.10 Å². The summed E-state index contributed by atoms with van der Waals surface area (Å²) in [5.74, 6) is 0. The molecule has 4 heteroatoms. The van der Waals surface area contributed by atoms with Crippen molar-refractivity contribution in [1.82, 2.24) is 0 Å². The van der Waals surface area contributed by atoms with E-state index in [0.717, 1.165) is 25.9 Å². The quantitative estimate of drug-likeness (QED) is 0.659. The Labute approximate surface area is 73.3 Å². The van der Waals surface area contributed by atoms with Crippen molar-refractivity contribution in [1.29, 1.82) is 0 Å². The molecule has 1 fully saturated rings. The van der Waals surface area contributed by atoms with Crippen LogP contribution >= 0.6 is 12.4 Å². The molecule has 0 aliphatic carbocycles. The fourth-order valence-corrected chi connectivity index (χ4v) is 1.24. The summed E-state index contributed by atoms with van der Waals surface area (Å²) in [4.78, 5) is 0. The average molecular weight is 182 g/mol. The lowest BCUT2D eigenvalue weighted by atomic mass is 10.1. The zero-order valence-corrected chi connectivity index (χ0v) is 7.35. The van der Waals surface area contributed by atoms with E-state index in [9.17, 15) is 0 Å². The van der Waals surface area contributed by atoms with Gasteiger partial charge in [0.25, 0.3) is 0 Å². The largest absolute Gasteiger partial charge is 0.395 e. The third-order valence-electron chi connectivity index (χ3n) is 1.82. The molecule has 11 heavy (non-hydrogen) atoms. The maximum atomic E-state index is 8.61. The third kappa shape index (κ3) is 3.91. The first-order valence-electron chi connectivity index (χ1n) is 3.81. The second-order valence-electron chi connectivity index (χ2n) is 2.81. The van der Waals surface area contributed by atoms with Gasteiger partial charge in [-0.25, -0.2) is 0 Å². The number of aliphatic hydroxyl groups is 1. The van der Waals surface area contributed by atoms with E-state index in [2.05, 4.69) is 0 Å². The monoisotopic (exact) mass is 181 g/mol. The van der Waals surface area contributed by atoms with Gasteiger partial charge in [0.1, 0.15) is 0 Å². The van der Waals surface area contributed by atoms with Gasteiger partial charge in [-0.2, -0.15) is 0 Å². The number of rotatable bonds is 3. The first-order valence-corrected chi connectivity index (χ1v) is 3.81. The minimum Gasteiger partial charge on any atom is -0.395 e. The van der Waals surface area contributed by atoms with Crippen molar-refractivity contribution >= 4 is 12.4 Å². The average Bonchev–Trinajstić information content (AvgIpc) is 2.40. The number of nitrogens with two attached hydrogens (primary N) is 1. The Morgan fingerprint density at radius 2 is 2.36 bits per heavy atom. The zero-order chi connectivity index (χ0) is 7.40. The number of hydrogen-bond donors (Lipinski definition) is 2. The Kier molecular flexibility index (Phi) is 5.86. The van der Waals surface area contributed by atoms with Crippen LogP contribution in [0.15, 0.2) is 0 Å². The Balaban J connectivity index is 0.000001000. The summed E-state index contributed by atoms with van der Waals surface area (Å²) >= 11 is 0. The molecule has 1 aliphatic heterocycles. The van der Waals surface area contributed by atoms with E-state index >= 15 is 0 Å². The highest BCUT2D eigenvalue weighted by Crippen LogP contribution is 2.15. The summed E-state index contributed by atoms with van der Waals surface area (Å²) < 4.78 is 5.33. The molecule has 0 aromatic rings. The molecule has 3 nitrogen and oxygen atoms in total. The van der Waals surface area contributed by atoms with Gasteiger partial charge in [-0.15, -0.1) is 12.4 Å². The summed E-state index contributed by atoms with van der Waals surface area (Å²) in [5, 5.41) is 8.61. The van der Waals surface area contributed by atoms with Crippen LogP contribution in [0.2, 0.25) is 0 Å². The number of halogens is 1. The van der Waals surface area contributed by atoms with Gasteiger partial charge in [0.2, 0.25) is 0 Å². The Morgan fingerprint density at radius 3 is 2.82 bits per heavy atom. The molecule has 1 aliphatic rings. The molecule has 0 amide bonds. The van der Waals surface area contributed by atoms with Gasteiger partial charge in [0.05, 0.1) is 12.7 Å². The van der Waals surface area contributed by atoms with Crippen molar-refractivity contribution in [3.8, 4) is 0 Å². The Morgan fingerprint density at radius 1 is 1.64 bits per heavy atom. The number of hydrogen-bond acceptors (Lipinski definition) is 3. The second-order valence-corrected chi connectivity index (χ2v) is 2.81. The summed E-state index contributed by atoms with van der Waals surface area (Å²) in [6.45, 7) is 0.933. The van der Waals surface area contributed by atoms with E-state index in [4.69, 9.17) is 15.6 Å². The fourth-order valence-electron chi connectivity index (χ4n) is 1.24. The van der Waals surface area contributed by atoms with Crippen LogP contribution in [0.3, 0.4) is 0 Å². The highest BCUT2D eigenvalue weighted by Gasteiger charge is 2.17. The molecular weight excluding hydrogens is 166 g/mol. The van der Waals surface area contributed by atoms with E-state index in [1.54, 1.807) is 0 Å². The van der Waals surface area contributed by atoms with Crippen LogP contribution in [0.5, 0.6) is 0 Å². The number of aliphatic hydroxyl groups excluding tert-OH is 1. The molecule has 1 rings (SSSR count). The summed E-state index contributed by atoms with van der Waals surface area (Å²) in [5.41, 5.74) is 5.52. The molecule has 0 aromatic heterocycles. The predicted octanol–water partition coefficient (Wildman–Crippen LogP) is 0.297. The van der Waals surface area contributed by atoms with Crippen molar-refractivity contribution in [3.63, 3.8) is 0 Å². The molecule has 2 atom stereocenters. The second kappa shape index (κ2) is 5.77. The van der Waals surface area contributed by atoms with Crippen LogP contribution in [0.25, 0.3) is 0 Å². The van der Waals surface area contributed by atoms with Crippen molar-refractivity contribution in [2.45, 2.75) is 31.4 Å². The minimum absolute atomic E-state index is 0. The van der Waals surface area contributed by atoms with Gasteiger partial charge in [-0.1, -0.05) is 0 Å². The molecule has 0 spiro atoms. The summed E-state index contributed by atoms with van der Waals surface area (Å²) in [6.07, 6.45) is 3.36. The van der Waals surface area contributed by atoms with Crippen LogP contribution in [0.1, 0.15) is 19.3 Å². The topological polar surface area (TPSA) is 55.5 Å². The molecule has 1 saturated heterocycles. The van der Waals surface area contributed by atoms with Crippen LogP contribution < -0.4 is 5.73 Å². The van der Waals surface area contributed by atoms with Gasteiger partial charge in [-0.3, -0.25) is 0 Å². The molecular formula is C7H16ClNO2. The smallest absolute Gasteiger partial charge is 0.0591 e. The van der Waals surface area contributed by atoms with Gasteiger partial charge in [0, 0.05) is 12.6 Å². The van der Waals surface area contributed by atoms with Crippen LogP contribution in [-0.2, 0) is 4.74 Å². The van der Waals surface area contributed by atoms with E-state index < -0.39 is 0 Å². The van der Waals surface area contributed by atoms with Crippen LogP contribution in [-0.4, -0.2) is 30.5 Å². The van der Waals surface area contributed by atoms with Crippen molar-refractivity contribution in [2.75, 3.05) is 13.2 Å². The van der Waals surface area contributed by atoms with Gasteiger partial charge < -0.3 is 15.6 Å². The molecule has 0 bridgehead atoms. The normalized spacial score (nSPS) is 26.2. The third-order valence-corrected chi connectivity index (χ3v) is 1.82. The predicted molar refractivity (Wildman–Crippen MR) is 45.9 cm³/mol. The fraction of sp³-hybridized carbons (Fsp3) is 1.00.